The first-order valence-electron chi connectivity index (χ1n) is 6.13. The molecule has 0 radical (unpaired) electrons. The smallest absolute Gasteiger partial charge is 0.136 e. The molecule has 1 aliphatic carbocycles. The Morgan fingerprint density at radius 3 is 2.78 bits per heavy atom. The molecule has 0 amide bonds. The average molecular weight is 262 g/mol. The Balaban J connectivity index is 2.19. The SMILES string of the molecule is CC(C)(C)[S@+]([O-])N[C@H]1CCc2ccc(C#N)cc21. The summed E-state index contributed by atoms with van der Waals surface area (Å²) in [5.74, 6) is 0. The molecule has 0 spiro atoms. The van der Waals surface area contributed by atoms with Gasteiger partial charge in [0.1, 0.15) is 4.75 Å². The number of benzene rings is 1. The molecule has 1 aliphatic rings. The highest BCUT2D eigenvalue weighted by Crippen LogP contribution is 2.33. The van der Waals surface area contributed by atoms with Crippen LogP contribution < -0.4 is 4.72 Å². The van der Waals surface area contributed by atoms with Crippen molar-refractivity contribution in [1.29, 1.82) is 5.26 Å². The standard InChI is InChI=1S/C14H18N2OS/c1-14(2,3)18(17)16-13-7-6-11-5-4-10(9-15)8-12(11)13/h4-5,8,13,16H,6-7H2,1-3H3/t13-,18-/m0/s1. The predicted octanol–water partition coefficient (Wildman–Crippen LogP) is 2.60. The van der Waals surface area contributed by atoms with Gasteiger partial charge in [0, 0.05) is 11.4 Å². The van der Waals surface area contributed by atoms with Crippen LogP contribution in [-0.4, -0.2) is 9.30 Å². The zero-order valence-electron chi connectivity index (χ0n) is 11.0. The largest absolute Gasteiger partial charge is 0.598 e. The second kappa shape index (κ2) is 4.93. The molecule has 1 aromatic carbocycles. The van der Waals surface area contributed by atoms with E-state index in [1.165, 1.54) is 5.56 Å². The maximum Gasteiger partial charge on any atom is 0.136 e. The second-order valence-corrected chi connectivity index (χ2v) is 7.61. The molecule has 2 rings (SSSR count). The zero-order valence-corrected chi connectivity index (χ0v) is 11.8. The fourth-order valence-corrected chi connectivity index (χ4v) is 2.96. The van der Waals surface area contributed by atoms with E-state index in [4.69, 9.17) is 5.26 Å². The van der Waals surface area contributed by atoms with Gasteiger partial charge in [-0.2, -0.15) is 5.26 Å². The lowest BCUT2D eigenvalue weighted by Gasteiger charge is -2.26. The molecular formula is C14H18N2OS. The van der Waals surface area contributed by atoms with Crippen LogP contribution in [-0.2, 0) is 17.8 Å². The highest BCUT2D eigenvalue weighted by atomic mass is 32.2. The molecule has 0 saturated carbocycles. The topological polar surface area (TPSA) is 58.9 Å². The van der Waals surface area contributed by atoms with Gasteiger partial charge in [-0.15, -0.1) is 4.72 Å². The number of nitrogens with zero attached hydrogens (tertiary/aromatic N) is 1. The van der Waals surface area contributed by atoms with Crippen LogP contribution in [0.5, 0.6) is 0 Å². The van der Waals surface area contributed by atoms with E-state index >= 15 is 0 Å². The van der Waals surface area contributed by atoms with Crippen LogP contribution in [0, 0.1) is 11.3 Å². The lowest BCUT2D eigenvalue weighted by Crippen LogP contribution is -2.40. The number of hydrogen-bond donors (Lipinski definition) is 1. The Morgan fingerprint density at radius 1 is 1.44 bits per heavy atom. The Labute approximate surface area is 112 Å². The number of rotatable bonds is 2. The van der Waals surface area contributed by atoms with Gasteiger partial charge >= 0.3 is 0 Å². The number of hydrogen-bond acceptors (Lipinski definition) is 3. The summed E-state index contributed by atoms with van der Waals surface area (Å²) in [5, 5.41) is 8.94. The van der Waals surface area contributed by atoms with Gasteiger partial charge in [-0.25, -0.2) is 0 Å². The van der Waals surface area contributed by atoms with E-state index in [1.54, 1.807) is 0 Å². The number of nitrogens with one attached hydrogen (secondary N) is 1. The fraction of sp³-hybridized carbons (Fsp3) is 0.500. The molecular weight excluding hydrogens is 244 g/mol. The molecule has 0 bridgehead atoms. The van der Waals surface area contributed by atoms with Crippen LogP contribution in [0.2, 0.25) is 0 Å². The van der Waals surface area contributed by atoms with E-state index in [1.807, 2.05) is 39.0 Å². The van der Waals surface area contributed by atoms with Gasteiger partial charge in [0.05, 0.1) is 17.7 Å². The maximum atomic E-state index is 12.1. The van der Waals surface area contributed by atoms with Crippen LogP contribution in [0.1, 0.15) is 49.9 Å². The summed E-state index contributed by atoms with van der Waals surface area (Å²) < 4.78 is 15.0. The first-order chi connectivity index (χ1) is 8.41. The molecule has 0 aliphatic heterocycles. The first-order valence-corrected chi connectivity index (χ1v) is 7.28. The second-order valence-electron chi connectivity index (χ2n) is 5.62. The molecule has 18 heavy (non-hydrogen) atoms. The summed E-state index contributed by atoms with van der Waals surface area (Å²) >= 11 is -1.08. The van der Waals surface area contributed by atoms with Crippen molar-refractivity contribution in [2.45, 2.75) is 44.4 Å². The molecule has 2 atom stereocenters. The van der Waals surface area contributed by atoms with Crippen LogP contribution in [0.25, 0.3) is 0 Å². The third kappa shape index (κ3) is 2.69. The highest BCUT2D eigenvalue weighted by molar-refractivity contribution is 7.90. The minimum Gasteiger partial charge on any atom is -0.598 e. The van der Waals surface area contributed by atoms with Gasteiger partial charge in [-0.05, 0) is 56.9 Å². The van der Waals surface area contributed by atoms with Crippen molar-refractivity contribution < 1.29 is 4.55 Å². The normalized spacial score (nSPS) is 20.3. The Kier molecular flexibility index (Phi) is 3.67. The molecule has 96 valence electrons. The maximum absolute atomic E-state index is 12.1. The fourth-order valence-electron chi connectivity index (χ4n) is 2.10. The van der Waals surface area contributed by atoms with E-state index in [2.05, 4.69) is 10.8 Å². The van der Waals surface area contributed by atoms with Crippen molar-refractivity contribution >= 4 is 11.4 Å². The summed E-state index contributed by atoms with van der Waals surface area (Å²) in [6.07, 6.45) is 1.94. The van der Waals surface area contributed by atoms with Crippen molar-refractivity contribution in [3.63, 3.8) is 0 Å². The summed E-state index contributed by atoms with van der Waals surface area (Å²) in [6.45, 7) is 5.87. The third-order valence-corrected chi connectivity index (χ3v) is 4.77. The van der Waals surface area contributed by atoms with Crippen LogP contribution in [0.4, 0.5) is 0 Å². The lowest BCUT2D eigenvalue weighted by molar-refractivity contribution is 0.522. The Morgan fingerprint density at radius 2 is 2.17 bits per heavy atom. The summed E-state index contributed by atoms with van der Waals surface area (Å²) in [7, 11) is 0. The monoisotopic (exact) mass is 262 g/mol. The molecule has 0 saturated heterocycles. The van der Waals surface area contributed by atoms with E-state index in [9.17, 15) is 4.55 Å². The minimum atomic E-state index is -1.08. The van der Waals surface area contributed by atoms with Gasteiger partial charge < -0.3 is 4.55 Å². The van der Waals surface area contributed by atoms with Crippen molar-refractivity contribution in [3.05, 3.63) is 34.9 Å². The zero-order chi connectivity index (χ0) is 13.3. The van der Waals surface area contributed by atoms with E-state index in [0.29, 0.717) is 5.56 Å². The first kappa shape index (κ1) is 13.4. The molecule has 1 N–H and O–H groups in total. The molecule has 4 heteroatoms. The van der Waals surface area contributed by atoms with Gasteiger partial charge in [0.15, 0.2) is 0 Å². The van der Waals surface area contributed by atoms with E-state index < -0.39 is 11.4 Å². The Hall–Kier alpha value is -1.02. The molecule has 0 fully saturated rings. The molecule has 0 unspecified atom stereocenters. The van der Waals surface area contributed by atoms with Gasteiger partial charge in [0.2, 0.25) is 0 Å². The van der Waals surface area contributed by atoms with Crippen LogP contribution in [0.15, 0.2) is 18.2 Å². The van der Waals surface area contributed by atoms with Crippen molar-refractivity contribution in [1.82, 2.24) is 4.72 Å². The Bertz CT molecular complexity index is 488. The summed E-state index contributed by atoms with van der Waals surface area (Å²) in [5.41, 5.74) is 3.06. The van der Waals surface area contributed by atoms with E-state index in [-0.39, 0.29) is 10.8 Å². The molecule has 3 nitrogen and oxygen atoms in total. The third-order valence-electron chi connectivity index (χ3n) is 3.16. The van der Waals surface area contributed by atoms with Gasteiger partial charge in [0.25, 0.3) is 0 Å². The van der Waals surface area contributed by atoms with Crippen LogP contribution >= 0.6 is 0 Å². The van der Waals surface area contributed by atoms with Crippen molar-refractivity contribution in [3.8, 4) is 6.07 Å². The number of aryl methyl sites for hydroxylation is 1. The minimum absolute atomic E-state index is 0.105. The molecule has 1 aromatic rings. The van der Waals surface area contributed by atoms with Crippen molar-refractivity contribution in [2.75, 3.05) is 0 Å². The summed E-state index contributed by atoms with van der Waals surface area (Å²) in [6, 6.07) is 8.04. The lowest BCUT2D eigenvalue weighted by atomic mass is 10.1. The van der Waals surface area contributed by atoms with Crippen molar-refractivity contribution in [2.24, 2.45) is 0 Å². The van der Waals surface area contributed by atoms with Gasteiger partial charge in [-0.1, -0.05) is 6.07 Å². The number of nitriles is 1. The quantitative estimate of drug-likeness (QED) is 0.833. The highest BCUT2D eigenvalue weighted by Gasteiger charge is 2.32. The number of fused-ring (bicyclic) bond motifs is 1. The molecule has 0 aromatic heterocycles. The van der Waals surface area contributed by atoms with Gasteiger partial charge in [-0.3, -0.25) is 0 Å². The summed E-state index contributed by atoms with van der Waals surface area (Å²) in [4.78, 5) is 0. The van der Waals surface area contributed by atoms with Crippen LogP contribution in [0.3, 0.4) is 0 Å². The molecule has 0 heterocycles. The van der Waals surface area contributed by atoms with E-state index in [0.717, 1.165) is 18.4 Å². The average Bonchev–Trinajstić information content (AvgIpc) is 2.70. The predicted molar refractivity (Wildman–Crippen MR) is 73.3 cm³/mol.